The van der Waals surface area contributed by atoms with Gasteiger partial charge in [0, 0.05) is 6.42 Å². The molecular weight excluding hydrogens is 731 g/mol. The maximum Gasteiger partial charge on any atom is 0.306 e. The summed E-state index contributed by atoms with van der Waals surface area (Å²) >= 11 is 0. The van der Waals surface area contributed by atoms with Gasteiger partial charge in [-0.05, 0) is 57.8 Å². The fraction of sp³-hybridized carbons (Fsp3) is 0.849. The van der Waals surface area contributed by atoms with E-state index in [0.29, 0.717) is 19.3 Å². The van der Waals surface area contributed by atoms with Crippen molar-refractivity contribution in [2.75, 3.05) is 6.61 Å². The zero-order valence-corrected chi connectivity index (χ0v) is 39.4. The van der Waals surface area contributed by atoms with E-state index in [2.05, 4.69) is 62.5 Å². The van der Waals surface area contributed by atoms with Crippen LogP contribution < -0.4 is 5.32 Å². The van der Waals surface area contributed by atoms with Crippen molar-refractivity contribution < 1.29 is 24.5 Å². The first kappa shape index (κ1) is 57.1. The predicted molar refractivity (Wildman–Crippen MR) is 255 cm³/mol. The average Bonchev–Trinajstić information content (AvgIpc) is 3.23. The van der Waals surface area contributed by atoms with Crippen molar-refractivity contribution in [3.05, 3.63) is 36.5 Å². The van der Waals surface area contributed by atoms with Crippen molar-refractivity contribution >= 4 is 11.9 Å². The second-order valence-electron chi connectivity index (χ2n) is 17.5. The molecule has 0 heterocycles. The molecule has 0 saturated heterocycles. The first-order valence-corrected chi connectivity index (χ1v) is 25.7. The number of aliphatic hydroxyl groups is 2. The Morgan fingerprint density at radius 2 is 0.915 bits per heavy atom. The molecule has 3 unspecified atom stereocenters. The zero-order chi connectivity index (χ0) is 43.1. The second kappa shape index (κ2) is 47.1. The van der Waals surface area contributed by atoms with Gasteiger partial charge in [0.1, 0.15) is 6.10 Å². The molecule has 3 N–H and O–H groups in total. The normalized spacial score (nSPS) is 13.5. The molecule has 3 atom stereocenters. The van der Waals surface area contributed by atoms with Crippen LogP contribution in [0.4, 0.5) is 0 Å². The Balaban J connectivity index is 4.58. The van der Waals surface area contributed by atoms with E-state index < -0.39 is 18.2 Å². The summed E-state index contributed by atoms with van der Waals surface area (Å²) in [5, 5.41) is 23.8. The Labute approximate surface area is 366 Å². The lowest BCUT2D eigenvalue weighted by molar-refractivity contribution is -0.151. The van der Waals surface area contributed by atoms with Crippen molar-refractivity contribution in [3.8, 4) is 0 Å². The van der Waals surface area contributed by atoms with Gasteiger partial charge in [-0.3, -0.25) is 9.59 Å². The predicted octanol–water partition coefficient (Wildman–Crippen LogP) is 15.3. The Bertz CT molecular complexity index is 977. The molecule has 0 aliphatic rings. The van der Waals surface area contributed by atoms with Gasteiger partial charge in [-0.15, -0.1) is 0 Å². The largest absolute Gasteiger partial charge is 0.462 e. The minimum atomic E-state index is -0.788. The molecule has 0 bridgehead atoms. The van der Waals surface area contributed by atoms with Crippen molar-refractivity contribution in [2.45, 2.75) is 283 Å². The van der Waals surface area contributed by atoms with Gasteiger partial charge >= 0.3 is 5.97 Å². The van der Waals surface area contributed by atoms with Gasteiger partial charge in [-0.1, -0.05) is 231 Å². The summed E-state index contributed by atoms with van der Waals surface area (Å²) in [6.45, 7) is 6.38. The molecule has 59 heavy (non-hydrogen) atoms. The molecule has 0 radical (unpaired) electrons. The molecule has 0 spiro atoms. The Morgan fingerprint density at radius 1 is 0.508 bits per heavy atom. The number of hydrogen-bond acceptors (Lipinski definition) is 5. The summed E-state index contributed by atoms with van der Waals surface area (Å²) in [5.74, 6) is -0.489. The van der Waals surface area contributed by atoms with Crippen LogP contribution in [0, 0.1) is 0 Å². The van der Waals surface area contributed by atoms with Gasteiger partial charge in [-0.2, -0.15) is 0 Å². The van der Waals surface area contributed by atoms with Crippen molar-refractivity contribution in [2.24, 2.45) is 0 Å². The molecule has 346 valence electrons. The Kier molecular flexibility index (Phi) is 45.6. The van der Waals surface area contributed by atoms with Crippen molar-refractivity contribution in [1.29, 1.82) is 0 Å². The van der Waals surface area contributed by atoms with E-state index in [4.69, 9.17) is 4.74 Å². The maximum absolute atomic E-state index is 13.2. The lowest BCUT2D eigenvalue weighted by Crippen LogP contribution is -2.46. The molecule has 0 rings (SSSR count). The van der Waals surface area contributed by atoms with Gasteiger partial charge in [0.25, 0.3) is 0 Å². The minimum absolute atomic E-state index is 0.0723. The van der Waals surface area contributed by atoms with E-state index in [9.17, 15) is 19.8 Å². The summed E-state index contributed by atoms with van der Waals surface area (Å²) in [6, 6.07) is -0.702. The van der Waals surface area contributed by atoms with Crippen molar-refractivity contribution in [3.63, 3.8) is 0 Å². The first-order valence-electron chi connectivity index (χ1n) is 25.7. The first-order chi connectivity index (χ1) is 29.0. The van der Waals surface area contributed by atoms with Crippen LogP contribution in [0.25, 0.3) is 0 Å². The van der Waals surface area contributed by atoms with Crippen LogP contribution in [0.3, 0.4) is 0 Å². The van der Waals surface area contributed by atoms with Crippen LogP contribution in [0.15, 0.2) is 36.5 Å². The standard InChI is InChI=1S/C53H99NO5/c1-4-7-10-13-16-19-22-25-28-31-34-37-40-43-46-53(58)59-49(44-41-38-35-32-29-26-23-20-17-14-11-8-5-2)47-52(57)54-50(48-55)51(56)45-42-39-36-33-30-27-24-21-18-15-12-9-6-3/h7,10,16,19,25,28,49-51,55-56H,4-6,8-9,11-15,17-18,20-24,26-27,29-48H2,1-3H3,(H,54,57)/b10-7+,19-16+,28-25+. The summed E-state index contributed by atoms with van der Waals surface area (Å²) in [6.07, 6.45) is 54.8. The number of esters is 1. The topological polar surface area (TPSA) is 95.9 Å². The summed E-state index contributed by atoms with van der Waals surface area (Å²) in [7, 11) is 0. The molecule has 1 amide bonds. The second-order valence-corrected chi connectivity index (χ2v) is 17.5. The van der Waals surface area contributed by atoms with Gasteiger partial charge in [0.15, 0.2) is 0 Å². The number of unbranched alkanes of at least 4 members (excludes halogenated alkanes) is 28. The molecule has 6 nitrogen and oxygen atoms in total. The highest BCUT2D eigenvalue weighted by Crippen LogP contribution is 2.18. The van der Waals surface area contributed by atoms with Crippen molar-refractivity contribution in [1.82, 2.24) is 5.32 Å². The number of rotatable bonds is 46. The summed E-state index contributed by atoms with van der Waals surface area (Å²) in [5.41, 5.74) is 0. The lowest BCUT2D eigenvalue weighted by Gasteiger charge is -2.24. The number of amides is 1. The number of carbonyl (C=O) groups is 2. The molecule has 0 aliphatic heterocycles. The summed E-state index contributed by atoms with van der Waals surface area (Å²) < 4.78 is 5.92. The number of carbonyl (C=O) groups excluding carboxylic acids is 2. The van der Waals surface area contributed by atoms with Gasteiger partial charge in [0.05, 0.1) is 25.2 Å². The van der Waals surface area contributed by atoms with Crippen LogP contribution in [0.5, 0.6) is 0 Å². The van der Waals surface area contributed by atoms with Crippen LogP contribution in [-0.2, 0) is 14.3 Å². The molecule has 0 aromatic rings. The Morgan fingerprint density at radius 3 is 1.39 bits per heavy atom. The van der Waals surface area contributed by atoms with Crippen LogP contribution in [0.2, 0.25) is 0 Å². The smallest absolute Gasteiger partial charge is 0.306 e. The van der Waals surface area contributed by atoms with Gasteiger partial charge < -0.3 is 20.3 Å². The highest BCUT2D eigenvalue weighted by Gasteiger charge is 2.24. The average molecular weight is 830 g/mol. The molecular formula is C53H99NO5. The van der Waals surface area contributed by atoms with Gasteiger partial charge in [0.2, 0.25) is 5.91 Å². The van der Waals surface area contributed by atoms with E-state index in [0.717, 1.165) is 77.0 Å². The highest BCUT2D eigenvalue weighted by atomic mass is 16.5. The summed E-state index contributed by atoms with van der Waals surface area (Å²) in [4.78, 5) is 26.1. The SMILES string of the molecule is CC/C=C/C/C=C/C/C=C/CCCCCCC(=O)OC(CCCCCCCCCCCCCCC)CC(=O)NC(CO)C(O)CCCCCCCCCCCCCCC. The fourth-order valence-electron chi connectivity index (χ4n) is 7.86. The zero-order valence-electron chi connectivity index (χ0n) is 39.4. The van der Waals surface area contributed by atoms with E-state index >= 15 is 0 Å². The third kappa shape index (κ3) is 42.6. The number of ether oxygens (including phenoxy) is 1. The van der Waals surface area contributed by atoms with Crippen LogP contribution in [0.1, 0.15) is 265 Å². The van der Waals surface area contributed by atoms with Gasteiger partial charge in [-0.25, -0.2) is 0 Å². The van der Waals surface area contributed by atoms with E-state index in [1.165, 1.54) is 141 Å². The molecule has 0 fully saturated rings. The molecule has 0 aromatic carbocycles. The minimum Gasteiger partial charge on any atom is -0.462 e. The molecule has 0 aliphatic carbocycles. The van der Waals surface area contributed by atoms with E-state index in [1.807, 2.05) is 0 Å². The molecule has 0 aromatic heterocycles. The van der Waals surface area contributed by atoms with Crippen LogP contribution >= 0.6 is 0 Å². The lowest BCUT2D eigenvalue weighted by atomic mass is 10.0. The van der Waals surface area contributed by atoms with E-state index in [-0.39, 0.29) is 24.9 Å². The monoisotopic (exact) mass is 830 g/mol. The highest BCUT2D eigenvalue weighted by molar-refractivity contribution is 5.77. The maximum atomic E-state index is 13.2. The number of nitrogens with one attached hydrogen (secondary N) is 1. The molecule has 0 saturated carbocycles. The number of hydrogen-bond donors (Lipinski definition) is 3. The third-order valence-corrected chi connectivity index (χ3v) is 11.7. The van der Waals surface area contributed by atoms with E-state index in [1.54, 1.807) is 0 Å². The fourth-order valence-corrected chi connectivity index (χ4v) is 7.86. The van der Waals surface area contributed by atoms with Crippen LogP contribution in [-0.4, -0.2) is 46.9 Å². The quantitative estimate of drug-likeness (QED) is 0.0323. The number of aliphatic hydroxyl groups excluding tert-OH is 2. The number of allylic oxidation sites excluding steroid dienone is 6. The third-order valence-electron chi connectivity index (χ3n) is 11.7. The Hall–Kier alpha value is -1.92. The molecule has 6 heteroatoms.